The average Bonchev–Trinajstić information content (AvgIpc) is 4.06. The molecule has 2 saturated carbocycles. The fourth-order valence-electron chi connectivity index (χ4n) is 7.83. The summed E-state index contributed by atoms with van der Waals surface area (Å²) in [5.41, 5.74) is -4.67. The first-order valence-electron chi connectivity index (χ1n) is 19.8. The van der Waals surface area contributed by atoms with Gasteiger partial charge in [-0.3, -0.25) is 19.1 Å². The molecule has 3 fully saturated rings. The summed E-state index contributed by atoms with van der Waals surface area (Å²) < 4.78 is 98.5. The van der Waals surface area contributed by atoms with Crippen molar-refractivity contribution in [3.63, 3.8) is 0 Å². The molecule has 4 aliphatic rings. The van der Waals surface area contributed by atoms with E-state index in [0.717, 1.165) is 10.3 Å². The number of pyridine rings is 1. The van der Waals surface area contributed by atoms with E-state index in [1.165, 1.54) is 6.20 Å². The van der Waals surface area contributed by atoms with Crippen molar-refractivity contribution < 1.29 is 59.4 Å². The number of hydrogen-bond acceptors (Lipinski definition) is 10. The van der Waals surface area contributed by atoms with Gasteiger partial charge in [0.25, 0.3) is 5.91 Å². The van der Waals surface area contributed by atoms with Crippen molar-refractivity contribution in [2.45, 2.75) is 120 Å². The highest BCUT2D eigenvalue weighted by molar-refractivity contribution is 7.91. The molecule has 2 aromatic rings. The number of nitrogens with zero attached hydrogens (tertiary/aromatic N) is 2. The summed E-state index contributed by atoms with van der Waals surface area (Å²) >= 11 is 0. The summed E-state index contributed by atoms with van der Waals surface area (Å²) in [5, 5.41) is 6.41. The van der Waals surface area contributed by atoms with Crippen LogP contribution in [0, 0.1) is 17.8 Å². The first kappa shape index (κ1) is 43.9. The molecule has 0 spiro atoms. The molecule has 6 rings (SSSR count). The molecule has 324 valence electrons. The minimum Gasteiger partial charge on any atom is -0.494 e. The maximum atomic E-state index is 14.7. The molecule has 1 aromatic carbocycles. The third kappa shape index (κ3) is 9.09. The van der Waals surface area contributed by atoms with Gasteiger partial charge in [-0.25, -0.2) is 22.6 Å². The third-order valence-corrected chi connectivity index (χ3v) is 14.0. The monoisotopic (exact) mass is 853 g/mol. The van der Waals surface area contributed by atoms with Gasteiger partial charge in [0.05, 0.1) is 13.2 Å². The Hall–Kier alpha value is -4.68. The zero-order valence-electron chi connectivity index (χ0n) is 33.6. The van der Waals surface area contributed by atoms with Crippen LogP contribution >= 0.6 is 0 Å². The smallest absolute Gasteiger partial charge is 0.427 e. The van der Waals surface area contributed by atoms with Gasteiger partial charge in [0, 0.05) is 23.9 Å². The van der Waals surface area contributed by atoms with E-state index in [-0.39, 0.29) is 44.0 Å². The molecule has 7 atom stereocenters. The lowest BCUT2D eigenvalue weighted by Crippen LogP contribution is -2.60. The summed E-state index contributed by atoms with van der Waals surface area (Å²) in [7, 11) is -4.46. The lowest BCUT2D eigenvalue weighted by Gasteiger charge is -2.34. The molecule has 59 heavy (non-hydrogen) atoms. The molecular weight excluding hydrogens is 803 g/mol. The van der Waals surface area contributed by atoms with Crippen LogP contribution in [0.15, 0.2) is 42.6 Å². The van der Waals surface area contributed by atoms with Crippen molar-refractivity contribution >= 4 is 44.6 Å². The van der Waals surface area contributed by atoms with E-state index in [0.29, 0.717) is 50.9 Å². The Morgan fingerprint density at radius 1 is 1.10 bits per heavy atom. The van der Waals surface area contributed by atoms with Crippen molar-refractivity contribution in [2.75, 3.05) is 19.8 Å². The molecule has 3 heterocycles. The Balaban J connectivity index is 1.35. The highest BCUT2D eigenvalue weighted by Gasteiger charge is 2.64. The van der Waals surface area contributed by atoms with Gasteiger partial charge in [-0.05, 0) is 101 Å². The van der Waals surface area contributed by atoms with Gasteiger partial charge < -0.3 is 29.7 Å². The molecule has 0 bridgehead atoms. The number of amides is 4. The average molecular weight is 854 g/mol. The number of hydrogen-bond donors (Lipinski definition) is 3. The van der Waals surface area contributed by atoms with E-state index in [4.69, 9.17) is 14.2 Å². The van der Waals surface area contributed by atoms with E-state index < -0.39 is 92.6 Å². The second kappa shape index (κ2) is 16.4. The number of alkyl carbamates (subject to hydrolysis) is 1. The molecule has 3 N–H and O–H groups in total. The van der Waals surface area contributed by atoms with E-state index in [1.807, 2.05) is 24.6 Å². The number of sulfonamides is 1. The van der Waals surface area contributed by atoms with Crippen LogP contribution in [-0.4, -0.2) is 102 Å². The van der Waals surface area contributed by atoms with E-state index in [9.17, 15) is 45.2 Å². The van der Waals surface area contributed by atoms with Gasteiger partial charge in [-0.1, -0.05) is 26.0 Å². The third-order valence-electron chi connectivity index (χ3n) is 11.9. The quantitative estimate of drug-likeness (QED) is 0.211. The Morgan fingerprint density at radius 2 is 1.83 bits per heavy atom. The summed E-state index contributed by atoms with van der Waals surface area (Å²) in [4.78, 5) is 61.8. The number of aromatic nitrogens is 1. The number of allylic oxidation sites excluding steroid dienone is 1. The molecule has 2 aliphatic heterocycles. The Morgan fingerprint density at radius 3 is 2.49 bits per heavy atom. The van der Waals surface area contributed by atoms with Crippen LogP contribution in [0.25, 0.3) is 10.8 Å². The number of ether oxygens (including phenoxy) is 3. The molecule has 1 aromatic heterocycles. The largest absolute Gasteiger partial charge is 0.494 e. The van der Waals surface area contributed by atoms with Gasteiger partial charge in [0.15, 0.2) is 0 Å². The molecule has 19 heteroatoms. The van der Waals surface area contributed by atoms with Gasteiger partial charge >= 0.3 is 12.3 Å². The van der Waals surface area contributed by atoms with Crippen molar-refractivity contribution in [1.82, 2.24) is 25.2 Å². The van der Waals surface area contributed by atoms with Crippen LogP contribution < -0.4 is 24.8 Å². The number of alkyl halides is 4. The molecule has 0 unspecified atom stereocenters. The van der Waals surface area contributed by atoms with Crippen molar-refractivity contribution in [3.8, 4) is 11.6 Å². The highest BCUT2D eigenvalue weighted by atomic mass is 32.2. The lowest BCUT2D eigenvalue weighted by atomic mass is 9.88. The number of rotatable bonds is 10. The fourth-order valence-corrected chi connectivity index (χ4v) is 9.26. The number of benzene rings is 1. The van der Waals surface area contributed by atoms with Crippen LogP contribution in [0.4, 0.5) is 22.4 Å². The molecule has 14 nitrogen and oxygen atoms in total. The van der Waals surface area contributed by atoms with Crippen molar-refractivity contribution in [3.05, 3.63) is 42.6 Å². The SMILES string of the molecule is CCOc1ccc2c(O[C@@H]3C[C@H]4C(=O)N[C@]5(C(=O)NS(=O)(=O)C6(CF)CC6)C[C@H]5/C=C\CC[C@H](C)C[C@@H](C)[C@H](NC(=O)OC(C)(C)C(F)(F)F)C(=O)N4C3)nccc2c1. The highest BCUT2D eigenvalue weighted by Crippen LogP contribution is 2.48. The first-order valence-corrected chi connectivity index (χ1v) is 21.3. The number of fused-ring (bicyclic) bond motifs is 3. The molecule has 1 saturated heterocycles. The number of nitrogens with one attached hydrogen (secondary N) is 3. The Bertz CT molecular complexity index is 2100. The topological polar surface area (TPSA) is 182 Å². The van der Waals surface area contributed by atoms with Crippen molar-refractivity contribution in [1.29, 1.82) is 0 Å². The molecule has 4 amide bonds. The van der Waals surface area contributed by atoms with Crippen molar-refractivity contribution in [2.24, 2.45) is 17.8 Å². The summed E-state index contributed by atoms with van der Waals surface area (Å²) in [6.45, 7) is 5.78. The zero-order valence-corrected chi connectivity index (χ0v) is 34.4. The normalized spacial score (nSPS) is 29.1. The van der Waals surface area contributed by atoms with E-state index in [1.54, 1.807) is 37.3 Å². The predicted octanol–water partition coefficient (Wildman–Crippen LogP) is 5.25. The lowest BCUT2D eigenvalue weighted by molar-refractivity contribution is -0.244. The second-order valence-corrected chi connectivity index (χ2v) is 18.9. The van der Waals surface area contributed by atoms with Crippen LogP contribution in [-0.2, 0) is 29.1 Å². The number of halogens is 4. The summed E-state index contributed by atoms with van der Waals surface area (Å²) in [5.74, 6) is -3.29. The van der Waals surface area contributed by atoms with Gasteiger partial charge in [0.1, 0.15) is 40.9 Å². The fraction of sp³-hybridized carbons (Fsp3) is 0.625. The second-order valence-electron chi connectivity index (χ2n) is 16.8. The first-order chi connectivity index (χ1) is 27.7. The van der Waals surface area contributed by atoms with Gasteiger partial charge in [-0.15, -0.1) is 0 Å². The number of carbonyl (C=O) groups excluding carboxylic acids is 4. The minimum atomic E-state index is -4.93. The molecule has 2 aliphatic carbocycles. The predicted molar refractivity (Wildman–Crippen MR) is 206 cm³/mol. The van der Waals surface area contributed by atoms with Gasteiger partial charge in [-0.2, -0.15) is 13.2 Å². The van der Waals surface area contributed by atoms with E-state index in [2.05, 4.69) is 15.6 Å². The van der Waals surface area contributed by atoms with Gasteiger partial charge in [0.2, 0.25) is 33.3 Å². The van der Waals surface area contributed by atoms with Crippen LogP contribution in [0.3, 0.4) is 0 Å². The maximum absolute atomic E-state index is 14.7. The maximum Gasteiger partial charge on any atom is 0.427 e. The molecule has 0 radical (unpaired) electrons. The van der Waals surface area contributed by atoms with Crippen LogP contribution in [0.2, 0.25) is 0 Å². The molecular formula is C40H51F4N5O9S. The van der Waals surface area contributed by atoms with Crippen LogP contribution in [0.5, 0.6) is 11.6 Å². The summed E-state index contributed by atoms with van der Waals surface area (Å²) in [6.07, 6.45) is -0.951. The Labute approximate surface area is 340 Å². The summed E-state index contributed by atoms with van der Waals surface area (Å²) in [6, 6.07) is 4.19. The Kier molecular flexibility index (Phi) is 12.2. The zero-order chi connectivity index (χ0) is 43.1. The van der Waals surface area contributed by atoms with E-state index >= 15 is 0 Å². The number of carbonyl (C=O) groups is 4. The minimum absolute atomic E-state index is 0.0150. The van der Waals surface area contributed by atoms with Crippen LogP contribution in [0.1, 0.15) is 79.6 Å². The standard InChI is InChI=1S/C40H51F4N5O9S/c1-6-56-27-11-12-29-25(18-27)13-16-45-33(29)57-28-19-30-32(50)47-39(35(52)48-59(54,55)38(22-41)14-15-38)20-26(39)10-8-7-9-23(2)17-24(3)31(34(51)49(30)21-28)46-36(53)58-37(4,5)40(42,43)44/h8,10-13,16,18,23-24,26,28,30-31H,6-7,9,14-15,17,19-22H2,1-5H3,(H,46,53)(H,47,50)(H,48,52)/b10-8-/t23-,24+,26+,28+,30-,31-,39+/m0/s1.